The molecule has 2 aromatic heterocycles. The predicted molar refractivity (Wildman–Crippen MR) is 130 cm³/mol. The van der Waals surface area contributed by atoms with Crippen molar-refractivity contribution < 1.29 is 19.4 Å². The molecule has 0 saturated heterocycles. The van der Waals surface area contributed by atoms with Gasteiger partial charge in [0.25, 0.3) is 5.97 Å². The number of rotatable bonds is 6. The number of benzene rings is 2. The standard InChI is InChI=1S/C21H19ClN6O2.C2H4O2/c1-13(15-6-9-17(29-2)18(12-15)30-3)23-24-19-10-11-20-25-26-21(28(20)27-19)14-4-7-16(22)8-5-14;1-2(3)4/h4-12H,1-3H3,(H,24,27);1H3,(H,3,4). The number of carbonyl (C=O) groups is 1. The summed E-state index contributed by atoms with van der Waals surface area (Å²) in [4.78, 5) is 9.00. The Morgan fingerprint density at radius 3 is 2.32 bits per heavy atom. The zero-order valence-corrected chi connectivity index (χ0v) is 19.7. The maximum atomic E-state index is 9.00. The van der Waals surface area contributed by atoms with Crippen LogP contribution in [0.5, 0.6) is 11.5 Å². The molecular weight excluding hydrogens is 460 g/mol. The Bertz CT molecular complexity index is 1320. The Kier molecular flexibility index (Phi) is 7.99. The molecule has 4 aromatic rings. The van der Waals surface area contributed by atoms with Crippen molar-refractivity contribution in [3.8, 4) is 22.9 Å². The number of carboxylic acid groups (broad SMARTS) is 1. The number of carboxylic acids is 1. The lowest BCUT2D eigenvalue weighted by Crippen LogP contribution is -2.04. The first kappa shape index (κ1) is 24.5. The summed E-state index contributed by atoms with van der Waals surface area (Å²) in [5.74, 6) is 1.64. The predicted octanol–water partition coefficient (Wildman–Crippen LogP) is 4.39. The lowest BCUT2D eigenvalue weighted by Gasteiger charge is -2.09. The van der Waals surface area contributed by atoms with Crippen molar-refractivity contribution >= 4 is 34.7 Å². The Labute approximate surface area is 200 Å². The molecule has 0 spiro atoms. The van der Waals surface area contributed by atoms with Crippen molar-refractivity contribution in [2.75, 3.05) is 19.6 Å². The molecule has 2 N–H and O–H groups in total. The highest BCUT2D eigenvalue weighted by molar-refractivity contribution is 6.30. The van der Waals surface area contributed by atoms with Gasteiger partial charge in [0.15, 0.2) is 28.8 Å². The van der Waals surface area contributed by atoms with E-state index in [0.717, 1.165) is 23.8 Å². The summed E-state index contributed by atoms with van der Waals surface area (Å²) in [6.07, 6.45) is 0. The van der Waals surface area contributed by atoms with Crippen LogP contribution in [0, 0.1) is 0 Å². The fourth-order valence-corrected chi connectivity index (χ4v) is 3.02. The van der Waals surface area contributed by atoms with Gasteiger partial charge in [-0.2, -0.15) is 9.62 Å². The molecule has 2 aromatic carbocycles. The summed E-state index contributed by atoms with van der Waals surface area (Å²) >= 11 is 5.98. The molecule has 0 saturated carbocycles. The number of anilines is 1. The fraction of sp³-hybridized carbons (Fsp3) is 0.174. The molecule has 0 atom stereocenters. The first-order valence-corrected chi connectivity index (χ1v) is 10.4. The lowest BCUT2D eigenvalue weighted by molar-refractivity contribution is -0.134. The number of methoxy groups -OCH3 is 2. The van der Waals surface area contributed by atoms with Gasteiger partial charge in [-0.15, -0.1) is 15.3 Å². The van der Waals surface area contributed by atoms with E-state index >= 15 is 0 Å². The Morgan fingerprint density at radius 1 is 1.00 bits per heavy atom. The summed E-state index contributed by atoms with van der Waals surface area (Å²) in [5, 5.41) is 25.5. The van der Waals surface area contributed by atoms with Crippen molar-refractivity contribution in [2.24, 2.45) is 5.10 Å². The number of aromatic nitrogens is 4. The van der Waals surface area contributed by atoms with E-state index in [2.05, 4.69) is 25.8 Å². The van der Waals surface area contributed by atoms with Crippen LogP contribution >= 0.6 is 11.6 Å². The number of halogens is 1. The number of aliphatic carboxylic acids is 1. The molecule has 0 fully saturated rings. The van der Waals surface area contributed by atoms with Gasteiger partial charge < -0.3 is 14.6 Å². The van der Waals surface area contributed by atoms with Gasteiger partial charge in [-0.1, -0.05) is 11.6 Å². The normalized spacial score (nSPS) is 10.9. The van der Waals surface area contributed by atoms with Gasteiger partial charge in [0, 0.05) is 23.1 Å². The largest absolute Gasteiger partial charge is 0.493 e. The SMILES string of the molecule is CC(=O)O.COc1ccc(C(C)=NNc2ccc3nnc(-c4ccc(Cl)cc4)n3n2)cc1OC. The van der Waals surface area contributed by atoms with Gasteiger partial charge in [-0.25, -0.2) is 0 Å². The van der Waals surface area contributed by atoms with Gasteiger partial charge >= 0.3 is 0 Å². The second-order valence-electron chi connectivity index (χ2n) is 6.92. The number of hydrogen-bond acceptors (Lipinski definition) is 8. The van der Waals surface area contributed by atoms with E-state index in [4.69, 9.17) is 31.0 Å². The number of hydrogen-bond donors (Lipinski definition) is 2. The van der Waals surface area contributed by atoms with E-state index in [1.165, 1.54) is 0 Å². The van der Waals surface area contributed by atoms with E-state index in [9.17, 15) is 0 Å². The van der Waals surface area contributed by atoms with Crippen molar-refractivity contribution in [3.63, 3.8) is 0 Å². The van der Waals surface area contributed by atoms with Crippen LogP contribution in [-0.4, -0.2) is 50.8 Å². The second-order valence-corrected chi connectivity index (χ2v) is 7.35. The van der Waals surface area contributed by atoms with Crippen LogP contribution < -0.4 is 14.9 Å². The average Bonchev–Trinajstić information content (AvgIpc) is 3.25. The number of fused-ring (bicyclic) bond motifs is 1. The van der Waals surface area contributed by atoms with Crippen LogP contribution in [0.25, 0.3) is 17.0 Å². The summed E-state index contributed by atoms with van der Waals surface area (Å²) in [6.45, 7) is 2.98. The quantitative estimate of drug-likeness (QED) is 0.306. The molecule has 176 valence electrons. The van der Waals surface area contributed by atoms with Crippen molar-refractivity contribution in [3.05, 3.63) is 65.2 Å². The molecule has 0 radical (unpaired) electrons. The second kappa shape index (κ2) is 11.1. The van der Waals surface area contributed by atoms with E-state index in [0.29, 0.717) is 33.8 Å². The van der Waals surface area contributed by atoms with Crippen LogP contribution in [0.15, 0.2) is 59.7 Å². The molecule has 2 heterocycles. The maximum Gasteiger partial charge on any atom is 0.300 e. The topological polar surface area (TPSA) is 123 Å². The number of nitrogens with one attached hydrogen (secondary N) is 1. The molecule has 0 aliphatic rings. The van der Waals surface area contributed by atoms with Crippen LogP contribution in [0.2, 0.25) is 5.02 Å². The van der Waals surface area contributed by atoms with Crippen LogP contribution in [0.3, 0.4) is 0 Å². The highest BCUT2D eigenvalue weighted by Crippen LogP contribution is 2.28. The minimum absolute atomic E-state index is 0.553. The summed E-state index contributed by atoms with van der Waals surface area (Å²) in [6, 6.07) is 16.6. The monoisotopic (exact) mass is 482 g/mol. The number of hydrazone groups is 1. The van der Waals surface area contributed by atoms with E-state index in [1.54, 1.807) is 36.9 Å². The van der Waals surface area contributed by atoms with Crippen molar-refractivity contribution in [1.29, 1.82) is 0 Å². The Morgan fingerprint density at radius 2 is 1.68 bits per heavy atom. The average molecular weight is 483 g/mol. The molecular formula is C23H23ClN6O4. The van der Waals surface area contributed by atoms with Crippen molar-refractivity contribution in [2.45, 2.75) is 13.8 Å². The highest BCUT2D eigenvalue weighted by Gasteiger charge is 2.10. The van der Waals surface area contributed by atoms with Crippen molar-refractivity contribution in [1.82, 2.24) is 19.8 Å². The van der Waals surface area contributed by atoms with Gasteiger partial charge in [0.05, 0.1) is 19.9 Å². The number of ether oxygens (including phenoxy) is 2. The molecule has 0 bridgehead atoms. The molecule has 0 aliphatic heterocycles. The summed E-state index contributed by atoms with van der Waals surface area (Å²) in [7, 11) is 3.20. The molecule has 4 rings (SSSR count). The highest BCUT2D eigenvalue weighted by atomic mass is 35.5. The smallest absolute Gasteiger partial charge is 0.300 e. The fourth-order valence-electron chi connectivity index (χ4n) is 2.89. The third-order valence-corrected chi connectivity index (χ3v) is 4.76. The molecule has 10 nitrogen and oxygen atoms in total. The van der Waals surface area contributed by atoms with Gasteiger partial charge in [-0.3, -0.25) is 10.2 Å². The number of nitrogens with zero attached hydrogens (tertiary/aromatic N) is 5. The minimum atomic E-state index is -0.833. The third kappa shape index (κ3) is 5.99. The summed E-state index contributed by atoms with van der Waals surface area (Å²) < 4.78 is 12.3. The first-order chi connectivity index (χ1) is 16.3. The van der Waals surface area contributed by atoms with E-state index < -0.39 is 5.97 Å². The maximum absolute atomic E-state index is 9.00. The summed E-state index contributed by atoms with van der Waals surface area (Å²) in [5.41, 5.74) is 6.14. The lowest BCUT2D eigenvalue weighted by atomic mass is 10.1. The van der Waals surface area contributed by atoms with Crippen LogP contribution in [0.4, 0.5) is 5.82 Å². The molecule has 0 aliphatic carbocycles. The third-order valence-electron chi connectivity index (χ3n) is 4.50. The molecule has 0 unspecified atom stereocenters. The zero-order valence-electron chi connectivity index (χ0n) is 19.0. The first-order valence-electron chi connectivity index (χ1n) is 10.0. The Balaban J connectivity index is 0.000000751. The van der Waals surface area contributed by atoms with Gasteiger partial charge in [0.2, 0.25) is 0 Å². The van der Waals surface area contributed by atoms with Crippen LogP contribution in [-0.2, 0) is 4.79 Å². The molecule has 11 heteroatoms. The minimum Gasteiger partial charge on any atom is -0.493 e. The Hall–Kier alpha value is -4.18. The van der Waals surface area contributed by atoms with Gasteiger partial charge in [-0.05, 0) is 61.5 Å². The zero-order chi connectivity index (χ0) is 24.7. The molecule has 34 heavy (non-hydrogen) atoms. The van der Waals surface area contributed by atoms with E-state index in [1.807, 2.05) is 43.3 Å². The van der Waals surface area contributed by atoms with Gasteiger partial charge in [0.1, 0.15) is 0 Å². The van der Waals surface area contributed by atoms with Crippen LogP contribution in [0.1, 0.15) is 19.4 Å². The van der Waals surface area contributed by atoms with E-state index in [-0.39, 0.29) is 0 Å². The molecule has 0 amide bonds.